The molecule has 1 aromatic rings. The van der Waals surface area contributed by atoms with E-state index in [2.05, 4.69) is 29.6 Å². The maximum absolute atomic E-state index is 11.0. The third-order valence-electron chi connectivity index (χ3n) is 6.41. The van der Waals surface area contributed by atoms with E-state index in [0.717, 1.165) is 18.8 Å². The Bertz CT molecular complexity index is 689. The van der Waals surface area contributed by atoms with Gasteiger partial charge in [0.05, 0.1) is 6.61 Å². The minimum atomic E-state index is -4.46. The zero-order valence-electron chi connectivity index (χ0n) is 16.4. The second-order valence-electron chi connectivity index (χ2n) is 8.70. The second-order valence-corrected chi connectivity index (χ2v) is 9.94. The zero-order valence-corrected chi connectivity index (χ0v) is 17.3. The molecule has 3 rings (SSSR count). The number of phosphoric acid groups is 1. The maximum Gasteiger partial charge on any atom is 0.469 e. The van der Waals surface area contributed by atoms with Crippen LogP contribution < -0.4 is 5.73 Å². The summed E-state index contributed by atoms with van der Waals surface area (Å²) in [6.07, 6.45) is 11.4. The van der Waals surface area contributed by atoms with Crippen LogP contribution in [0.3, 0.4) is 0 Å². The molecule has 5 nitrogen and oxygen atoms in total. The molecule has 0 heterocycles. The van der Waals surface area contributed by atoms with E-state index in [9.17, 15) is 4.57 Å². The van der Waals surface area contributed by atoms with Crippen LogP contribution in [0.5, 0.6) is 0 Å². The molecule has 0 saturated heterocycles. The van der Waals surface area contributed by atoms with Crippen molar-refractivity contribution >= 4 is 7.82 Å². The lowest BCUT2D eigenvalue weighted by atomic mass is 9.79. The Morgan fingerprint density at radius 2 is 2.07 bits per heavy atom. The van der Waals surface area contributed by atoms with E-state index in [1.54, 1.807) is 0 Å². The summed E-state index contributed by atoms with van der Waals surface area (Å²) >= 11 is 0. The van der Waals surface area contributed by atoms with Crippen molar-refractivity contribution in [2.24, 2.45) is 11.7 Å². The van der Waals surface area contributed by atoms with Gasteiger partial charge in [0.15, 0.2) is 0 Å². The number of nitrogens with two attached hydrogens (primary N) is 1. The molecule has 152 valence electrons. The highest BCUT2D eigenvalue weighted by Gasteiger charge is 2.38. The molecule has 0 aliphatic heterocycles. The van der Waals surface area contributed by atoms with Gasteiger partial charge in [-0.05, 0) is 67.1 Å². The number of unbranched alkanes of at least 4 members (excludes halogenated alkanes) is 2. The SMILES string of the molecule is CCCCC[C@H]1CCc2cc([C@@H]3CC[C@@](N)(COP(=O)(O)O)C3)ccc2C1. The topological polar surface area (TPSA) is 92.8 Å². The van der Waals surface area contributed by atoms with Crippen LogP contribution in [0.15, 0.2) is 18.2 Å². The summed E-state index contributed by atoms with van der Waals surface area (Å²) in [6, 6.07) is 6.91. The molecule has 1 aromatic carbocycles. The van der Waals surface area contributed by atoms with E-state index in [4.69, 9.17) is 15.5 Å². The van der Waals surface area contributed by atoms with Gasteiger partial charge in [-0.2, -0.15) is 0 Å². The largest absolute Gasteiger partial charge is 0.469 e. The number of hydrogen-bond donors (Lipinski definition) is 3. The predicted octanol–water partition coefficient (Wildman–Crippen LogP) is 4.45. The Morgan fingerprint density at radius 1 is 1.26 bits per heavy atom. The third-order valence-corrected chi connectivity index (χ3v) is 6.88. The minimum absolute atomic E-state index is 0.0852. The van der Waals surface area contributed by atoms with E-state index < -0.39 is 13.4 Å². The number of phosphoric ester groups is 1. The Labute approximate surface area is 162 Å². The van der Waals surface area contributed by atoms with Crippen LogP contribution in [-0.4, -0.2) is 21.9 Å². The van der Waals surface area contributed by atoms with Gasteiger partial charge in [-0.15, -0.1) is 0 Å². The molecule has 0 spiro atoms. The van der Waals surface area contributed by atoms with Crippen LogP contribution in [0.2, 0.25) is 0 Å². The number of benzene rings is 1. The van der Waals surface area contributed by atoms with Crippen molar-refractivity contribution in [1.29, 1.82) is 0 Å². The minimum Gasteiger partial charge on any atom is -0.323 e. The maximum atomic E-state index is 11.0. The van der Waals surface area contributed by atoms with E-state index in [-0.39, 0.29) is 6.61 Å². The van der Waals surface area contributed by atoms with Crippen molar-refractivity contribution in [2.45, 2.75) is 82.6 Å². The highest BCUT2D eigenvalue weighted by Crippen LogP contribution is 2.44. The van der Waals surface area contributed by atoms with Crippen molar-refractivity contribution in [3.8, 4) is 0 Å². The number of hydrogen-bond acceptors (Lipinski definition) is 3. The Hall–Kier alpha value is -0.710. The van der Waals surface area contributed by atoms with Crippen molar-refractivity contribution in [3.63, 3.8) is 0 Å². The average molecular weight is 395 g/mol. The predicted molar refractivity (Wildman–Crippen MR) is 108 cm³/mol. The normalized spacial score (nSPS) is 28.3. The Balaban J connectivity index is 1.59. The molecular weight excluding hydrogens is 361 g/mol. The van der Waals surface area contributed by atoms with E-state index in [1.807, 2.05) is 0 Å². The lowest BCUT2D eigenvalue weighted by Crippen LogP contribution is -2.41. The van der Waals surface area contributed by atoms with Crippen LogP contribution in [0.1, 0.15) is 80.9 Å². The number of fused-ring (bicyclic) bond motifs is 1. The highest BCUT2D eigenvalue weighted by atomic mass is 31.2. The lowest BCUT2D eigenvalue weighted by molar-refractivity contribution is 0.153. The standard InChI is InChI=1S/C21H34NO4P/c1-2-3-4-5-16-6-7-18-13-19(9-8-17(18)12-16)20-10-11-21(22,14-20)15-26-27(23,24)25/h8-9,13,16,20H,2-7,10-12,14-15,22H2,1H3,(H2,23,24,25)/t16-,20+,21-/m0/s1. The van der Waals surface area contributed by atoms with E-state index >= 15 is 0 Å². The van der Waals surface area contributed by atoms with Crippen LogP contribution in [0.25, 0.3) is 0 Å². The molecule has 0 unspecified atom stereocenters. The van der Waals surface area contributed by atoms with Gasteiger partial charge in [0.1, 0.15) is 0 Å². The summed E-state index contributed by atoms with van der Waals surface area (Å²) in [4.78, 5) is 17.9. The Kier molecular flexibility index (Phi) is 6.81. The van der Waals surface area contributed by atoms with Crippen molar-refractivity contribution in [2.75, 3.05) is 6.61 Å². The fraction of sp³-hybridized carbons (Fsp3) is 0.714. The number of rotatable bonds is 8. The number of aryl methyl sites for hydroxylation is 1. The van der Waals surface area contributed by atoms with E-state index in [0.29, 0.717) is 12.3 Å². The van der Waals surface area contributed by atoms with Crippen LogP contribution >= 0.6 is 7.82 Å². The van der Waals surface area contributed by atoms with Gasteiger partial charge in [-0.3, -0.25) is 4.52 Å². The van der Waals surface area contributed by atoms with Crippen LogP contribution in [0, 0.1) is 5.92 Å². The molecule has 1 fully saturated rings. The van der Waals surface area contributed by atoms with Gasteiger partial charge in [0, 0.05) is 5.54 Å². The molecule has 1 saturated carbocycles. The molecule has 0 bridgehead atoms. The van der Waals surface area contributed by atoms with Crippen LogP contribution in [-0.2, 0) is 21.9 Å². The first kappa shape index (κ1) is 21.0. The average Bonchev–Trinajstić information content (AvgIpc) is 3.02. The quantitative estimate of drug-likeness (QED) is 0.447. The molecule has 0 amide bonds. The molecule has 27 heavy (non-hydrogen) atoms. The summed E-state index contributed by atoms with van der Waals surface area (Å²) in [5, 5.41) is 0. The summed E-state index contributed by atoms with van der Waals surface area (Å²) in [5.74, 6) is 1.19. The zero-order chi connectivity index (χ0) is 19.5. The molecule has 6 heteroatoms. The molecule has 0 aromatic heterocycles. The first-order valence-corrected chi connectivity index (χ1v) is 11.9. The summed E-state index contributed by atoms with van der Waals surface area (Å²) < 4.78 is 15.7. The molecule has 0 radical (unpaired) electrons. The van der Waals surface area contributed by atoms with Crippen molar-refractivity contribution in [1.82, 2.24) is 0 Å². The van der Waals surface area contributed by atoms with Crippen molar-refractivity contribution < 1.29 is 18.9 Å². The van der Waals surface area contributed by atoms with Gasteiger partial charge in [-0.25, -0.2) is 4.57 Å². The fourth-order valence-electron chi connectivity index (χ4n) is 4.82. The molecular formula is C21H34NO4P. The molecule has 2 aliphatic rings. The van der Waals surface area contributed by atoms with Gasteiger partial charge in [-0.1, -0.05) is 50.8 Å². The highest BCUT2D eigenvalue weighted by molar-refractivity contribution is 7.46. The molecule has 2 aliphatic carbocycles. The smallest absolute Gasteiger partial charge is 0.323 e. The second kappa shape index (κ2) is 8.75. The van der Waals surface area contributed by atoms with Gasteiger partial charge >= 0.3 is 7.82 Å². The lowest BCUT2D eigenvalue weighted by Gasteiger charge is -2.26. The summed E-state index contributed by atoms with van der Waals surface area (Å²) in [6.45, 7) is 2.17. The first-order chi connectivity index (χ1) is 12.8. The van der Waals surface area contributed by atoms with Gasteiger partial charge < -0.3 is 15.5 Å². The van der Waals surface area contributed by atoms with E-state index in [1.165, 1.54) is 61.6 Å². The molecule has 3 atom stereocenters. The van der Waals surface area contributed by atoms with Crippen molar-refractivity contribution in [3.05, 3.63) is 34.9 Å². The monoisotopic (exact) mass is 395 g/mol. The summed E-state index contributed by atoms with van der Waals surface area (Å²) in [7, 11) is -4.46. The van der Waals surface area contributed by atoms with Gasteiger partial charge in [0.25, 0.3) is 0 Å². The van der Waals surface area contributed by atoms with Crippen LogP contribution in [0.4, 0.5) is 0 Å². The molecule has 4 N–H and O–H groups in total. The first-order valence-electron chi connectivity index (χ1n) is 10.4. The Morgan fingerprint density at radius 3 is 2.81 bits per heavy atom. The summed E-state index contributed by atoms with van der Waals surface area (Å²) in [5.41, 5.74) is 10.0. The third kappa shape index (κ3) is 5.88. The van der Waals surface area contributed by atoms with Gasteiger partial charge in [0.2, 0.25) is 0 Å². The fourth-order valence-corrected chi connectivity index (χ4v) is 5.24.